The average molecular weight is 418 g/mol. The molecule has 1 N–H and O–H groups in total. The van der Waals surface area contributed by atoms with Crippen LogP contribution in [0.5, 0.6) is 0 Å². The molecule has 0 saturated heterocycles. The highest BCUT2D eigenvalue weighted by Crippen LogP contribution is 2.28. The molecule has 0 unspecified atom stereocenters. The van der Waals surface area contributed by atoms with E-state index in [1.165, 1.54) is 11.3 Å². The normalized spacial score (nSPS) is 12.3. The number of nitrogens with zero attached hydrogens (tertiary/aromatic N) is 2. The van der Waals surface area contributed by atoms with Gasteiger partial charge in [-0.2, -0.15) is 5.10 Å². The van der Waals surface area contributed by atoms with Crippen molar-refractivity contribution in [2.45, 2.75) is 51.2 Å². The third kappa shape index (κ3) is 5.02. The van der Waals surface area contributed by atoms with Gasteiger partial charge < -0.3 is 0 Å². The average Bonchev–Trinajstić information content (AvgIpc) is 3.22. The van der Waals surface area contributed by atoms with Gasteiger partial charge in [0.15, 0.2) is 0 Å². The highest BCUT2D eigenvalue weighted by Gasteiger charge is 2.22. The van der Waals surface area contributed by atoms with Gasteiger partial charge >= 0.3 is 0 Å². The minimum absolute atomic E-state index is 0.0504. The second-order valence-electron chi connectivity index (χ2n) is 8.08. The largest absolute Gasteiger partial charge is 0.272 e. The molecule has 2 heterocycles. The molecule has 7 heteroatoms. The van der Waals surface area contributed by atoms with Crippen LogP contribution in [0.3, 0.4) is 0 Å². The number of thiophene rings is 1. The summed E-state index contributed by atoms with van der Waals surface area (Å²) in [4.78, 5) is 1.08. The number of hydrogen-bond donors (Lipinski definition) is 1. The first-order valence-electron chi connectivity index (χ1n) is 9.44. The molecule has 0 fully saturated rings. The molecule has 0 spiro atoms. The smallest absolute Gasteiger partial charge is 0.263 e. The van der Waals surface area contributed by atoms with Crippen molar-refractivity contribution in [2.75, 3.05) is 4.72 Å². The molecule has 1 aromatic carbocycles. The molecule has 0 aliphatic rings. The van der Waals surface area contributed by atoms with Gasteiger partial charge in [0.05, 0.1) is 11.4 Å². The van der Waals surface area contributed by atoms with E-state index in [2.05, 4.69) is 37.5 Å². The number of nitrogens with one attached hydrogen (secondary N) is 1. The van der Waals surface area contributed by atoms with E-state index >= 15 is 0 Å². The van der Waals surface area contributed by atoms with E-state index in [0.29, 0.717) is 10.0 Å². The fourth-order valence-corrected chi connectivity index (χ4v) is 5.46. The van der Waals surface area contributed by atoms with Gasteiger partial charge in [-0.05, 0) is 42.5 Å². The summed E-state index contributed by atoms with van der Waals surface area (Å²) < 4.78 is 30.7. The highest BCUT2D eigenvalue weighted by atomic mass is 32.2. The lowest BCUT2D eigenvalue weighted by Gasteiger charge is -2.15. The fourth-order valence-electron chi connectivity index (χ4n) is 2.97. The second kappa shape index (κ2) is 8.09. The van der Waals surface area contributed by atoms with Gasteiger partial charge in [0, 0.05) is 10.9 Å². The van der Waals surface area contributed by atoms with Crippen LogP contribution < -0.4 is 4.72 Å². The van der Waals surface area contributed by atoms with Crippen LogP contribution in [0.4, 0.5) is 5.82 Å². The van der Waals surface area contributed by atoms with Crippen molar-refractivity contribution in [1.82, 2.24) is 9.78 Å². The highest BCUT2D eigenvalue weighted by molar-refractivity contribution is 7.94. The monoisotopic (exact) mass is 417 g/mol. The SMILES string of the molecule is CCCc1ccc(S(=O)(=O)Nc2cc(CC(C)(C)C)nn2-c2ccccc2)s1. The van der Waals surface area contributed by atoms with Gasteiger partial charge in [-0.25, -0.2) is 13.1 Å². The predicted octanol–water partition coefficient (Wildman–Crippen LogP) is 5.28. The van der Waals surface area contributed by atoms with Crippen molar-refractivity contribution in [1.29, 1.82) is 0 Å². The van der Waals surface area contributed by atoms with Crippen molar-refractivity contribution >= 4 is 27.2 Å². The Morgan fingerprint density at radius 3 is 2.46 bits per heavy atom. The summed E-state index contributed by atoms with van der Waals surface area (Å²) in [5.41, 5.74) is 1.72. The number of benzene rings is 1. The first-order chi connectivity index (χ1) is 13.2. The summed E-state index contributed by atoms with van der Waals surface area (Å²) in [6, 6.07) is 15.0. The van der Waals surface area contributed by atoms with Crippen LogP contribution in [0.25, 0.3) is 5.69 Å². The molecule has 3 aromatic rings. The first-order valence-corrected chi connectivity index (χ1v) is 11.7. The van der Waals surface area contributed by atoms with Crippen LogP contribution in [0.15, 0.2) is 52.7 Å². The summed E-state index contributed by atoms with van der Waals surface area (Å²) in [5, 5.41) is 4.67. The van der Waals surface area contributed by atoms with Gasteiger partial charge in [-0.15, -0.1) is 11.3 Å². The molecule has 0 aliphatic heterocycles. The van der Waals surface area contributed by atoms with Crippen molar-refractivity contribution in [2.24, 2.45) is 5.41 Å². The van der Waals surface area contributed by atoms with Crippen molar-refractivity contribution in [3.63, 3.8) is 0 Å². The molecule has 0 amide bonds. The van der Waals surface area contributed by atoms with Crippen LogP contribution in [0, 0.1) is 5.41 Å². The number of hydrogen-bond acceptors (Lipinski definition) is 4. The number of sulfonamides is 1. The van der Waals surface area contributed by atoms with E-state index in [1.54, 1.807) is 10.7 Å². The van der Waals surface area contributed by atoms with Gasteiger partial charge in [0.2, 0.25) is 0 Å². The zero-order chi connectivity index (χ0) is 20.4. The van der Waals surface area contributed by atoms with Gasteiger partial charge in [-0.3, -0.25) is 4.72 Å². The zero-order valence-corrected chi connectivity index (χ0v) is 18.4. The second-order valence-corrected chi connectivity index (χ2v) is 11.2. The Morgan fingerprint density at radius 1 is 1.11 bits per heavy atom. The van der Waals surface area contributed by atoms with Crippen LogP contribution in [-0.2, 0) is 22.9 Å². The van der Waals surface area contributed by atoms with Crippen LogP contribution in [-0.4, -0.2) is 18.2 Å². The molecule has 0 saturated carbocycles. The van der Waals surface area contributed by atoms with Gasteiger partial charge in [0.25, 0.3) is 10.0 Å². The Bertz CT molecular complexity index is 1030. The molecule has 28 heavy (non-hydrogen) atoms. The molecule has 0 aliphatic carbocycles. The Labute approximate surface area is 171 Å². The molecule has 0 bridgehead atoms. The number of anilines is 1. The molecule has 3 rings (SSSR count). The van der Waals surface area contributed by atoms with E-state index in [1.807, 2.05) is 42.5 Å². The maximum absolute atomic E-state index is 13.0. The first kappa shape index (κ1) is 20.6. The summed E-state index contributed by atoms with van der Waals surface area (Å²) in [6.45, 7) is 8.50. The fraction of sp³-hybridized carbons (Fsp3) is 0.381. The van der Waals surface area contributed by atoms with E-state index in [-0.39, 0.29) is 5.41 Å². The van der Waals surface area contributed by atoms with Crippen molar-refractivity contribution in [3.05, 3.63) is 59.1 Å². The van der Waals surface area contributed by atoms with E-state index in [9.17, 15) is 8.42 Å². The summed E-state index contributed by atoms with van der Waals surface area (Å²) in [5.74, 6) is 0.455. The van der Waals surface area contributed by atoms with Crippen molar-refractivity contribution in [3.8, 4) is 5.69 Å². The van der Waals surface area contributed by atoms with Gasteiger partial charge in [0.1, 0.15) is 10.0 Å². The van der Waals surface area contributed by atoms with Gasteiger partial charge in [-0.1, -0.05) is 52.3 Å². The summed E-state index contributed by atoms with van der Waals surface area (Å²) in [7, 11) is -3.66. The predicted molar refractivity (Wildman–Crippen MR) is 116 cm³/mol. The molecule has 2 aromatic heterocycles. The lowest BCUT2D eigenvalue weighted by molar-refractivity contribution is 0.405. The number of aryl methyl sites for hydroxylation is 1. The third-order valence-electron chi connectivity index (χ3n) is 4.11. The van der Waals surface area contributed by atoms with E-state index in [0.717, 1.165) is 35.5 Å². The van der Waals surface area contributed by atoms with Crippen LogP contribution >= 0.6 is 11.3 Å². The summed E-state index contributed by atoms with van der Waals surface area (Å²) >= 11 is 1.32. The number of rotatable bonds is 7. The minimum Gasteiger partial charge on any atom is -0.263 e. The zero-order valence-electron chi connectivity index (χ0n) is 16.8. The topological polar surface area (TPSA) is 64.0 Å². The Morgan fingerprint density at radius 2 is 1.82 bits per heavy atom. The standard InChI is InChI=1S/C21H27N3O2S2/c1-5-9-18-12-13-20(27-18)28(25,26)23-19-14-16(15-21(2,3)4)22-24(19)17-10-7-6-8-11-17/h6-8,10-14,23H,5,9,15H2,1-4H3. The molecule has 0 atom stereocenters. The molecule has 0 radical (unpaired) electrons. The molecular formula is C21H27N3O2S2. The maximum atomic E-state index is 13.0. The third-order valence-corrected chi connectivity index (χ3v) is 7.10. The van der Waals surface area contributed by atoms with Crippen LogP contribution in [0.2, 0.25) is 0 Å². The minimum atomic E-state index is -3.66. The van der Waals surface area contributed by atoms with E-state index in [4.69, 9.17) is 0 Å². The Balaban J connectivity index is 1.97. The quantitative estimate of drug-likeness (QED) is 0.569. The molecule has 150 valence electrons. The van der Waals surface area contributed by atoms with Crippen LogP contribution in [0.1, 0.15) is 44.7 Å². The number of para-hydroxylation sites is 1. The maximum Gasteiger partial charge on any atom is 0.272 e. The Kier molecular flexibility index (Phi) is 5.95. The Hall–Kier alpha value is -2.12. The van der Waals surface area contributed by atoms with E-state index < -0.39 is 10.0 Å². The molecule has 5 nitrogen and oxygen atoms in total. The lowest BCUT2D eigenvalue weighted by atomic mass is 9.91. The van der Waals surface area contributed by atoms with Crippen molar-refractivity contribution < 1.29 is 8.42 Å². The number of aromatic nitrogens is 2. The summed E-state index contributed by atoms with van der Waals surface area (Å²) in [6.07, 6.45) is 2.63. The lowest BCUT2D eigenvalue weighted by Crippen LogP contribution is -2.14. The molecular weight excluding hydrogens is 390 g/mol.